The minimum absolute atomic E-state index is 0.0136. The van der Waals surface area contributed by atoms with Gasteiger partial charge in [-0.1, -0.05) is 41.7 Å². The number of hydrogen-bond donors (Lipinski definition) is 2. The minimum Gasteiger partial charge on any atom is -0.344 e. The van der Waals surface area contributed by atoms with E-state index < -0.39 is 5.91 Å². The van der Waals surface area contributed by atoms with Crippen LogP contribution in [0.2, 0.25) is 0 Å². The summed E-state index contributed by atoms with van der Waals surface area (Å²) in [6.07, 6.45) is 1.29. The van der Waals surface area contributed by atoms with Gasteiger partial charge in [-0.05, 0) is 35.0 Å². The van der Waals surface area contributed by atoms with Crippen LogP contribution in [0.1, 0.15) is 10.7 Å². The smallest absolute Gasteiger partial charge is 0.273 e. The maximum absolute atomic E-state index is 12.3. The molecule has 0 bridgehead atoms. The zero-order valence-electron chi connectivity index (χ0n) is 14.8. The Bertz CT molecular complexity index is 1030. The monoisotopic (exact) mass is 457 g/mol. The highest BCUT2D eigenvalue weighted by molar-refractivity contribution is 9.10. The van der Waals surface area contributed by atoms with Crippen molar-refractivity contribution < 1.29 is 4.79 Å². The lowest BCUT2D eigenvalue weighted by molar-refractivity contribution is -0.114. The molecule has 0 aliphatic carbocycles. The fourth-order valence-corrected chi connectivity index (χ4v) is 3.46. The van der Waals surface area contributed by atoms with E-state index in [0.29, 0.717) is 15.3 Å². The molecular formula is C18H16BrN7OS. The molecule has 0 radical (unpaired) electrons. The summed E-state index contributed by atoms with van der Waals surface area (Å²) in [5.74, 6) is 4.87. The van der Waals surface area contributed by atoms with E-state index in [0.717, 1.165) is 16.3 Å². The average molecular weight is 458 g/mol. The van der Waals surface area contributed by atoms with Gasteiger partial charge in [0.1, 0.15) is 14.6 Å². The SMILES string of the molecule is Cc1ccc(N=C/C(=N\N)C(=O)NCc2nnc(-c3ccccc3)s2)c(Br)n1. The third kappa shape index (κ3) is 5.05. The number of rotatable bonds is 6. The van der Waals surface area contributed by atoms with Crippen LogP contribution in [-0.4, -0.2) is 33.0 Å². The summed E-state index contributed by atoms with van der Waals surface area (Å²) in [6.45, 7) is 2.08. The van der Waals surface area contributed by atoms with Gasteiger partial charge in [0.15, 0.2) is 5.71 Å². The summed E-state index contributed by atoms with van der Waals surface area (Å²) in [7, 11) is 0. The summed E-state index contributed by atoms with van der Waals surface area (Å²) in [4.78, 5) is 20.8. The highest BCUT2D eigenvalue weighted by Crippen LogP contribution is 2.23. The molecule has 0 fully saturated rings. The van der Waals surface area contributed by atoms with Crippen molar-refractivity contribution in [1.82, 2.24) is 20.5 Å². The van der Waals surface area contributed by atoms with Crippen LogP contribution in [0.15, 0.2) is 57.2 Å². The molecule has 0 unspecified atom stereocenters. The Morgan fingerprint density at radius 3 is 2.75 bits per heavy atom. The van der Waals surface area contributed by atoms with Gasteiger partial charge in [-0.25, -0.2) is 4.98 Å². The third-order valence-corrected chi connectivity index (χ3v) is 5.11. The molecule has 10 heteroatoms. The van der Waals surface area contributed by atoms with Gasteiger partial charge in [-0.3, -0.25) is 9.79 Å². The Morgan fingerprint density at radius 1 is 1.25 bits per heavy atom. The number of nitrogens with zero attached hydrogens (tertiary/aromatic N) is 5. The number of hydrazone groups is 1. The number of carbonyl (C=O) groups excluding carboxylic acids is 1. The van der Waals surface area contributed by atoms with Crippen molar-refractivity contribution >= 4 is 50.8 Å². The molecule has 0 aliphatic rings. The quantitative estimate of drug-likeness (QED) is 0.255. The number of aromatic nitrogens is 3. The average Bonchev–Trinajstić information content (AvgIpc) is 3.18. The van der Waals surface area contributed by atoms with Gasteiger partial charge >= 0.3 is 0 Å². The van der Waals surface area contributed by atoms with Gasteiger partial charge in [0, 0.05) is 11.3 Å². The second-order valence-electron chi connectivity index (χ2n) is 5.58. The molecule has 2 heterocycles. The Morgan fingerprint density at radius 2 is 2.04 bits per heavy atom. The zero-order chi connectivity index (χ0) is 19.9. The molecular weight excluding hydrogens is 442 g/mol. The summed E-state index contributed by atoms with van der Waals surface area (Å²) in [6, 6.07) is 13.3. The van der Waals surface area contributed by atoms with Crippen LogP contribution in [-0.2, 0) is 11.3 Å². The summed E-state index contributed by atoms with van der Waals surface area (Å²) >= 11 is 4.73. The molecule has 0 saturated heterocycles. The van der Waals surface area contributed by atoms with E-state index in [1.165, 1.54) is 17.6 Å². The highest BCUT2D eigenvalue weighted by Gasteiger charge is 2.12. The predicted molar refractivity (Wildman–Crippen MR) is 114 cm³/mol. The Hall–Kier alpha value is -2.98. The van der Waals surface area contributed by atoms with Gasteiger partial charge in [0.25, 0.3) is 5.91 Å². The predicted octanol–water partition coefficient (Wildman–Crippen LogP) is 3.00. The van der Waals surface area contributed by atoms with Crippen LogP contribution < -0.4 is 11.2 Å². The highest BCUT2D eigenvalue weighted by atomic mass is 79.9. The molecule has 2 aromatic heterocycles. The van der Waals surface area contributed by atoms with Crippen molar-refractivity contribution in [3.8, 4) is 10.6 Å². The minimum atomic E-state index is -0.459. The molecule has 3 N–H and O–H groups in total. The standard InChI is InChI=1S/C18H16BrN7OS/c1-11-7-8-13(16(19)23-11)21-9-14(24-20)17(27)22-10-15-25-26-18(28-15)12-5-3-2-4-6-12/h2-9H,10,20H2,1H3,(H,22,27)/b21-9?,24-14+. The number of benzene rings is 1. The molecule has 142 valence electrons. The number of aryl methyl sites for hydroxylation is 1. The number of pyridine rings is 1. The van der Waals surface area contributed by atoms with Crippen molar-refractivity contribution in [2.75, 3.05) is 0 Å². The van der Waals surface area contributed by atoms with E-state index >= 15 is 0 Å². The van der Waals surface area contributed by atoms with Crippen molar-refractivity contribution in [3.05, 3.63) is 57.8 Å². The van der Waals surface area contributed by atoms with E-state index in [4.69, 9.17) is 5.84 Å². The summed E-state index contributed by atoms with van der Waals surface area (Å²) in [5, 5.41) is 15.9. The van der Waals surface area contributed by atoms with Gasteiger partial charge in [-0.15, -0.1) is 10.2 Å². The second-order valence-corrected chi connectivity index (χ2v) is 7.40. The van der Waals surface area contributed by atoms with Crippen LogP contribution in [0.4, 0.5) is 5.69 Å². The van der Waals surface area contributed by atoms with Crippen LogP contribution in [0, 0.1) is 6.92 Å². The first kappa shape index (κ1) is 19.8. The van der Waals surface area contributed by atoms with Gasteiger partial charge in [0.05, 0.1) is 18.4 Å². The molecule has 0 atom stereocenters. The van der Waals surface area contributed by atoms with Crippen LogP contribution in [0.5, 0.6) is 0 Å². The van der Waals surface area contributed by atoms with Crippen LogP contribution >= 0.6 is 27.3 Å². The van der Waals surface area contributed by atoms with Gasteiger partial charge < -0.3 is 11.2 Å². The Labute approximate surface area is 173 Å². The lowest BCUT2D eigenvalue weighted by Gasteiger charge is -2.02. The first-order valence-electron chi connectivity index (χ1n) is 8.18. The number of amides is 1. The maximum Gasteiger partial charge on any atom is 0.273 e. The number of halogens is 1. The van der Waals surface area contributed by atoms with Gasteiger partial charge in [-0.2, -0.15) is 5.10 Å². The number of hydrogen-bond acceptors (Lipinski definition) is 8. The maximum atomic E-state index is 12.3. The number of aliphatic imine (C=N–C) groups is 1. The zero-order valence-corrected chi connectivity index (χ0v) is 17.2. The molecule has 1 aromatic carbocycles. The first-order chi connectivity index (χ1) is 13.6. The molecule has 8 nitrogen and oxygen atoms in total. The van der Waals surface area contributed by atoms with E-state index in [-0.39, 0.29) is 12.3 Å². The molecule has 0 aliphatic heterocycles. The normalized spacial score (nSPS) is 11.7. The topological polar surface area (TPSA) is 119 Å². The van der Waals surface area contributed by atoms with E-state index in [1.807, 2.05) is 43.3 Å². The largest absolute Gasteiger partial charge is 0.344 e. The molecule has 1 amide bonds. The fourth-order valence-electron chi connectivity index (χ4n) is 2.16. The van der Waals surface area contributed by atoms with E-state index in [1.54, 1.807) is 6.07 Å². The van der Waals surface area contributed by atoms with Crippen molar-refractivity contribution in [2.24, 2.45) is 15.9 Å². The summed E-state index contributed by atoms with van der Waals surface area (Å²) in [5.41, 5.74) is 2.38. The van der Waals surface area contributed by atoms with Gasteiger partial charge in [0.2, 0.25) is 0 Å². The third-order valence-electron chi connectivity index (χ3n) is 3.55. The van der Waals surface area contributed by atoms with E-state index in [9.17, 15) is 4.79 Å². The molecule has 28 heavy (non-hydrogen) atoms. The number of nitrogens with one attached hydrogen (secondary N) is 1. The molecule has 0 saturated carbocycles. The molecule has 3 rings (SSSR count). The van der Waals surface area contributed by atoms with E-state index in [2.05, 4.69) is 46.5 Å². The fraction of sp³-hybridized carbons (Fsp3) is 0.111. The molecule has 0 spiro atoms. The molecule has 3 aromatic rings. The Balaban J connectivity index is 1.62. The lowest BCUT2D eigenvalue weighted by Crippen LogP contribution is -2.32. The summed E-state index contributed by atoms with van der Waals surface area (Å²) < 4.78 is 0.572. The lowest BCUT2D eigenvalue weighted by atomic mass is 10.2. The Kier molecular flexibility index (Phi) is 6.56. The van der Waals surface area contributed by atoms with Crippen molar-refractivity contribution in [3.63, 3.8) is 0 Å². The number of carbonyl (C=O) groups is 1. The van der Waals surface area contributed by atoms with Crippen LogP contribution in [0.3, 0.4) is 0 Å². The second kappa shape index (κ2) is 9.29. The van der Waals surface area contributed by atoms with Crippen molar-refractivity contribution in [1.29, 1.82) is 0 Å². The van der Waals surface area contributed by atoms with Crippen LogP contribution in [0.25, 0.3) is 10.6 Å². The number of nitrogens with two attached hydrogens (primary N) is 1. The van der Waals surface area contributed by atoms with Crippen molar-refractivity contribution in [2.45, 2.75) is 13.5 Å². The first-order valence-corrected chi connectivity index (χ1v) is 9.79.